The van der Waals surface area contributed by atoms with E-state index < -0.39 is 17.8 Å². The van der Waals surface area contributed by atoms with Crippen LogP contribution in [0.4, 0.5) is 4.39 Å². The molecule has 0 aliphatic heterocycles. The molecule has 0 radical (unpaired) electrons. The number of carbonyl (C=O) groups excluding carboxylic acids is 1. The number of benzene rings is 1. The Morgan fingerprint density at radius 2 is 2.22 bits per heavy atom. The maximum Gasteiger partial charge on any atom is 0.256 e. The van der Waals surface area contributed by atoms with Crippen LogP contribution in [0.5, 0.6) is 0 Å². The summed E-state index contributed by atoms with van der Waals surface area (Å²) < 4.78 is 18.3. The molecule has 1 unspecified atom stereocenters. The highest BCUT2D eigenvalue weighted by molar-refractivity contribution is 5.94. The van der Waals surface area contributed by atoms with Crippen LogP contribution in [-0.4, -0.2) is 49.3 Å². The van der Waals surface area contributed by atoms with Crippen LogP contribution >= 0.6 is 0 Å². The maximum absolute atomic E-state index is 13.5. The molecule has 0 bridgehead atoms. The van der Waals surface area contributed by atoms with E-state index in [9.17, 15) is 14.3 Å². The monoisotopic (exact) mass is 255 g/mol. The predicted octanol–water partition coefficient (Wildman–Crippen LogP) is 1.21. The van der Waals surface area contributed by atoms with Crippen LogP contribution in [0.25, 0.3) is 0 Å². The molecule has 4 nitrogen and oxygen atoms in total. The highest BCUT2D eigenvalue weighted by atomic mass is 19.1. The number of likely N-dealkylation sites (N-methyl/N-ethyl adjacent to an activating group) is 1. The van der Waals surface area contributed by atoms with E-state index in [-0.39, 0.29) is 18.7 Å². The van der Waals surface area contributed by atoms with Crippen LogP contribution in [0.3, 0.4) is 0 Å². The second-order valence-corrected chi connectivity index (χ2v) is 4.28. The minimum Gasteiger partial charge on any atom is -0.389 e. The lowest BCUT2D eigenvalue weighted by atomic mass is 10.1. The van der Waals surface area contributed by atoms with Gasteiger partial charge in [0.2, 0.25) is 0 Å². The third-order valence-corrected chi connectivity index (χ3v) is 2.54. The van der Waals surface area contributed by atoms with Crippen molar-refractivity contribution in [2.24, 2.45) is 0 Å². The quantitative estimate of drug-likeness (QED) is 0.860. The first-order chi connectivity index (χ1) is 8.45. The summed E-state index contributed by atoms with van der Waals surface area (Å²) >= 11 is 0. The van der Waals surface area contributed by atoms with Crippen LogP contribution in [0.15, 0.2) is 18.2 Å². The van der Waals surface area contributed by atoms with Gasteiger partial charge in [0.1, 0.15) is 5.82 Å². The van der Waals surface area contributed by atoms with Crippen LogP contribution in [0, 0.1) is 12.7 Å². The molecule has 100 valence electrons. The van der Waals surface area contributed by atoms with E-state index in [0.29, 0.717) is 0 Å². The molecule has 0 saturated heterocycles. The first-order valence-electron chi connectivity index (χ1n) is 5.64. The Bertz CT molecular complexity index is 423. The van der Waals surface area contributed by atoms with E-state index in [1.807, 2.05) is 0 Å². The van der Waals surface area contributed by atoms with Crippen LogP contribution in [0.1, 0.15) is 15.9 Å². The molecule has 0 fully saturated rings. The molecule has 1 N–H and O–H groups in total. The van der Waals surface area contributed by atoms with E-state index in [4.69, 9.17) is 4.74 Å². The standard InChI is InChI=1S/C13H18FNO3/c1-9-4-5-12(14)11(6-9)13(17)15(2)7-10(16)8-18-3/h4-6,10,16H,7-8H2,1-3H3. The summed E-state index contributed by atoms with van der Waals surface area (Å²) in [5, 5.41) is 9.53. The van der Waals surface area contributed by atoms with E-state index in [0.717, 1.165) is 5.56 Å². The Morgan fingerprint density at radius 3 is 2.83 bits per heavy atom. The second kappa shape index (κ2) is 6.47. The van der Waals surface area contributed by atoms with Crippen LogP contribution in [0.2, 0.25) is 0 Å². The van der Waals surface area contributed by atoms with Gasteiger partial charge in [-0.25, -0.2) is 4.39 Å². The van der Waals surface area contributed by atoms with Crippen molar-refractivity contribution in [1.29, 1.82) is 0 Å². The molecule has 0 heterocycles. The normalized spacial score (nSPS) is 12.3. The van der Waals surface area contributed by atoms with Gasteiger partial charge in [0, 0.05) is 20.7 Å². The highest BCUT2D eigenvalue weighted by Crippen LogP contribution is 2.12. The molecule has 0 aliphatic carbocycles. The number of ether oxygens (including phenoxy) is 1. The number of methoxy groups -OCH3 is 1. The maximum atomic E-state index is 13.5. The van der Waals surface area contributed by atoms with Crippen molar-refractivity contribution in [1.82, 2.24) is 4.90 Å². The summed E-state index contributed by atoms with van der Waals surface area (Å²) in [4.78, 5) is 13.3. The van der Waals surface area contributed by atoms with Gasteiger partial charge in [-0.1, -0.05) is 11.6 Å². The predicted molar refractivity (Wildman–Crippen MR) is 66.0 cm³/mol. The Morgan fingerprint density at radius 1 is 1.56 bits per heavy atom. The average molecular weight is 255 g/mol. The fourth-order valence-corrected chi connectivity index (χ4v) is 1.65. The lowest BCUT2D eigenvalue weighted by molar-refractivity contribution is 0.0378. The number of aliphatic hydroxyl groups excluding tert-OH is 1. The Balaban J connectivity index is 2.77. The largest absolute Gasteiger partial charge is 0.389 e. The first kappa shape index (κ1) is 14.6. The molecule has 18 heavy (non-hydrogen) atoms. The molecule has 1 aromatic rings. The number of amides is 1. The number of carbonyl (C=O) groups is 1. The molecular formula is C13H18FNO3. The summed E-state index contributed by atoms with van der Waals surface area (Å²) in [5.41, 5.74) is 0.827. The Hall–Kier alpha value is -1.46. The zero-order chi connectivity index (χ0) is 13.7. The van der Waals surface area contributed by atoms with E-state index in [2.05, 4.69) is 0 Å². The van der Waals surface area contributed by atoms with Crippen molar-refractivity contribution in [2.45, 2.75) is 13.0 Å². The van der Waals surface area contributed by atoms with Gasteiger partial charge in [-0.15, -0.1) is 0 Å². The Kier molecular flexibility index (Phi) is 5.25. The molecule has 5 heteroatoms. The average Bonchev–Trinajstić information content (AvgIpc) is 2.31. The first-order valence-corrected chi connectivity index (χ1v) is 5.64. The van der Waals surface area contributed by atoms with Crippen molar-refractivity contribution >= 4 is 5.91 Å². The van der Waals surface area contributed by atoms with Crippen molar-refractivity contribution in [3.63, 3.8) is 0 Å². The molecule has 1 amide bonds. The molecular weight excluding hydrogens is 237 g/mol. The number of hydrogen-bond acceptors (Lipinski definition) is 3. The third-order valence-electron chi connectivity index (χ3n) is 2.54. The highest BCUT2D eigenvalue weighted by Gasteiger charge is 2.18. The molecule has 1 atom stereocenters. The number of aryl methyl sites for hydroxylation is 1. The molecule has 1 aromatic carbocycles. The zero-order valence-corrected chi connectivity index (χ0v) is 10.8. The van der Waals surface area contributed by atoms with Gasteiger partial charge in [0.25, 0.3) is 5.91 Å². The van der Waals surface area contributed by atoms with Crippen LogP contribution in [-0.2, 0) is 4.74 Å². The number of nitrogens with zero attached hydrogens (tertiary/aromatic N) is 1. The Labute approximate surface area is 106 Å². The summed E-state index contributed by atoms with van der Waals surface area (Å²) in [5.74, 6) is -1.01. The van der Waals surface area contributed by atoms with Gasteiger partial charge >= 0.3 is 0 Å². The van der Waals surface area contributed by atoms with Gasteiger partial charge < -0.3 is 14.7 Å². The van der Waals surface area contributed by atoms with Crippen LogP contribution < -0.4 is 0 Å². The summed E-state index contributed by atoms with van der Waals surface area (Å²) in [6.07, 6.45) is -0.781. The number of rotatable bonds is 5. The van der Waals surface area contributed by atoms with Gasteiger partial charge in [0.15, 0.2) is 0 Å². The summed E-state index contributed by atoms with van der Waals surface area (Å²) in [6.45, 7) is 2.02. The van der Waals surface area contributed by atoms with Gasteiger partial charge in [-0.2, -0.15) is 0 Å². The third kappa shape index (κ3) is 3.78. The SMILES string of the molecule is COCC(O)CN(C)C(=O)c1cc(C)ccc1F. The van der Waals surface area contributed by atoms with Crippen molar-refractivity contribution in [3.8, 4) is 0 Å². The zero-order valence-electron chi connectivity index (χ0n) is 10.8. The molecule has 0 spiro atoms. The van der Waals surface area contributed by atoms with Crippen molar-refractivity contribution in [3.05, 3.63) is 35.1 Å². The van der Waals surface area contributed by atoms with E-state index in [1.165, 1.54) is 31.2 Å². The number of aliphatic hydroxyl groups is 1. The van der Waals surface area contributed by atoms with Gasteiger partial charge in [-0.05, 0) is 19.1 Å². The molecule has 0 saturated carbocycles. The summed E-state index contributed by atoms with van der Waals surface area (Å²) in [7, 11) is 2.98. The number of hydrogen-bond donors (Lipinski definition) is 1. The van der Waals surface area contributed by atoms with Crippen molar-refractivity contribution in [2.75, 3.05) is 27.3 Å². The van der Waals surface area contributed by atoms with Gasteiger partial charge in [-0.3, -0.25) is 4.79 Å². The smallest absolute Gasteiger partial charge is 0.256 e. The van der Waals surface area contributed by atoms with Crippen molar-refractivity contribution < 1.29 is 19.0 Å². The molecule has 1 rings (SSSR count). The summed E-state index contributed by atoms with van der Waals surface area (Å²) in [6, 6.07) is 4.37. The minimum atomic E-state index is -0.781. The number of halogens is 1. The topological polar surface area (TPSA) is 49.8 Å². The van der Waals surface area contributed by atoms with E-state index >= 15 is 0 Å². The lowest BCUT2D eigenvalue weighted by Crippen LogP contribution is -2.36. The van der Waals surface area contributed by atoms with Gasteiger partial charge in [0.05, 0.1) is 18.3 Å². The molecule has 0 aromatic heterocycles. The minimum absolute atomic E-state index is 0.0158. The van der Waals surface area contributed by atoms with E-state index in [1.54, 1.807) is 13.0 Å². The lowest BCUT2D eigenvalue weighted by Gasteiger charge is -2.20. The fraction of sp³-hybridized carbons (Fsp3) is 0.462. The molecule has 0 aliphatic rings. The fourth-order valence-electron chi connectivity index (χ4n) is 1.65. The second-order valence-electron chi connectivity index (χ2n) is 4.28.